The largest absolute Gasteiger partial charge is 0.338 e. The number of hydrogen-bond acceptors (Lipinski definition) is 3. The quantitative estimate of drug-likeness (QED) is 0.895. The molecular formula is C13H20N2OS. The van der Waals surface area contributed by atoms with E-state index in [0.29, 0.717) is 6.04 Å². The van der Waals surface area contributed by atoms with Gasteiger partial charge in [-0.25, -0.2) is 0 Å². The molecule has 1 aromatic heterocycles. The summed E-state index contributed by atoms with van der Waals surface area (Å²) in [4.78, 5) is 15.3. The minimum atomic E-state index is -0.476. The number of thiophene rings is 1. The van der Waals surface area contributed by atoms with Crippen LogP contribution in [0, 0.1) is 0 Å². The molecule has 4 heteroatoms. The Morgan fingerprint density at radius 3 is 2.82 bits per heavy atom. The summed E-state index contributed by atoms with van der Waals surface area (Å²) < 4.78 is 0. The van der Waals surface area contributed by atoms with Crippen LogP contribution in [0.15, 0.2) is 17.5 Å². The van der Waals surface area contributed by atoms with Crippen LogP contribution in [0.2, 0.25) is 0 Å². The van der Waals surface area contributed by atoms with Crippen molar-refractivity contribution in [2.24, 2.45) is 5.73 Å². The molecular weight excluding hydrogens is 232 g/mol. The standard InChI is InChI=1S/C13H20N2OS/c1-2-15(10-6-3-4-7-10)13(16)12(14)11-8-5-9-17-11/h5,8-10,12H,2-4,6-7,14H2,1H3. The monoisotopic (exact) mass is 252 g/mol. The summed E-state index contributed by atoms with van der Waals surface area (Å²) in [5, 5.41) is 1.97. The summed E-state index contributed by atoms with van der Waals surface area (Å²) in [6.45, 7) is 2.81. The van der Waals surface area contributed by atoms with Crippen LogP contribution in [-0.2, 0) is 4.79 Å². The lowest BCUT2D eigenvalue weighted by Gasteiger charge is -2.29. The smallest absolute Gasteiger partial charge is 0.245 e. The third-order valence-corrected chi connectivity index (χ3v) is 4.46. The predicted molar refractivity (Wildman–Crippen MR) is 70.9 cm³/mol. The van der Waals surface area contributed by atoms with Gasteiger partial charge in [-0.3, -0.25) is 4.79 Å². The zero-order valence-corrected chi connectivity index (χ0v) is 11.1. The third-order valence-electron chi connectivity index (χ3n) is 3.50. The van der Waals surface area contributed by atoms with Crippen molar-refractivity contribution >= 4 is 17.2 Å². The van der Waals surface area contributed by atoms with E-state index in [0.717, 1.165) is 24.3 Å². The zero-order chi connectivity index (χ0) is 12.3. The highest BCUT2D eigenvalue weighted by atomic mass is 32.1. The minimum Gasteiger partial charge on any atom is -0.338 e. The number of hydrogen-bond donors (Lipinski definition) is 1. The number of carbonyl (C=O) groups excluding carboxylic acids is 1. The number of nitrogens with two attached hydrogens (primary N) is 1. The van der Waals surface area contributed by atoms with E-state index in [2.05, 4.69) is 0 Å². The summed E-state index contributed by atoms with van der Waals surface area (Å²) in [7, 11) is 0. The van der Waals surface area contributed by atoms with E-state index >= 15 is 0 Å². The van der Waals surface area contributed by atoms with Gasteiger partial charge in [0.2, 0.25) is 5.91 Å². The molecule has 17 heavy (non-hydrogen) atoms. The van der Waals surface area contributed by atoms with Gasteiger partial charge in [-0.1, -0.05) is 18.9 Å². The third kappa shape index (κ3) is 2.69. The normalized spacial score (nSPS) is 18.2. The van der Waals surface area contributed by atoms with E-state index in [4.69, 9.17) is 5.73 Å². The van der Waals surface area contributed by atoms with Crippen molar-refractivity contribution in [1.82, 2.24) is 4.90 Å². The first kappa shape index (κ1) is 12.6. The maximum absolute atomic E-state index is 12.4. The van der Waals surface area contributed by atoms with E-state index in [9.17, 15) is 4.79 Å². The molecule has 1 aromatic rings. The molecule has 3 nitrogen and oxygen atoms in total. The van der Waals surface area contributed by atoms with Crippen LogP contribution in [0.1, 0.15) is 43.5 Å². The van der Waals surface area contributed by atoms with E-state index in [1.807, 2.05) is 29.3 Å². The lowest BCUT2D eigenvalue weighted by atomic mass is 10.1. The second-order valence-electron chi connectivity index (χ2n) is 4.56. The Kier molecular flexibility index (Phi) is 4.18. The summed E-state index contributed by atoms with van der Waals surface area (Å²) in [5.41, 5.74) is 6.05. The van der Waals surface area contributed by atoms with Crippen LogP contribution < -0.4 is 5.73 Å². The van der Waals surface area contributed by atoms with E-state index in [1.165, 1.54) is 12.8 Å². The van der Waals surface area contributed by atoms with Crippen molar-refractivity contribution in [1.29, 1.82) is 0 Å². The molecule has 2 rings (SSSR count). The SMILES string of the molecule is CCN(C(=O)C(N)c1cccs1)C1CCCC1. The van der Waals surface area contributed by atoms with Crippen LogP contribution >= 0.6 is 11.3 Å². The Labute approximate surface area is 107 Å². The van der Waals surface area contributed by atoms with Gasteiger partial charge in [0, 0.05) is 17.5 Å². The number of carbonyl (C=O) groups is 1. The molecule has 1 amide bonds. The fourth-order valence-electron chi connectivity index (χ4n) is 2.58. The van der Waals surface area contributed by atoms with Gasteiger partial charge in [0.25, 0.3) is 0 Å². The predicted octanol–water partition coefficient (Wildman–Crippen LogP) is 2.54. The summed E-state index contributed by atoms with van der Waals surface area (Å²) in [5.74, 6) is 0.0850. The highest BCUT2D eigenvalue weighted by molar-refractivity contribution is 7.10. The molecule has 0 aromatic carbocycles. The molecule has 1 aliphatic rings. The average Bonchev–Trinajstić information content (AvgIpc) is 3.01. The topological polar surface area (TPSA) is 46.3 Å². The van der Waals surface area contributed by atoms with Crippen molar-refractivity contribution in [3.8, 4) is 0 Å². The average molecular weight is 252 g/mol. The Morgan fingerprint density at radius 2 is 2.29 bits per heavy atom. The van der Waals surface area contributed by atoms with Crippen molar-refractivity contribution in [3.63, 3.8) is 0 Å². The number of nitrogens with zero attached hydrogens (tertiary/aromatic N) is 1. The van der Waals surface area contributed by atoms with Crippen LogP contribution in [0.4, 0.5) is 0 Å². The van der Waals surface area contributed by atoms with Gasteiger partial charge in [-0.05, 0) is 31.2 Å². The van der Waals surface area contributed by atoms with Gasteiger partial charge in [0.15, 0.2) is 0 Å². The molecule has 2 N–H and O–H groups in total. The maximum Gasteiger partial charge on any atom is 0.245 e. The highest BCUT2D eigenvalue weighted by Crippen LogP contribution is 2.26. The maximum atomic E-state index is 12.4. The van der Waals surface area contributed by atoms with Gasteiger partial charge in [0.05, 0.1) is 0 Å². The van der Waals surface area contributed by atoms with Gasteiger partial charge < -0.3 is 10.6 Å². The fraction of sp³-hybridized carbons (Fsp3) is 0.615. The molecule has 0 saturated heterocycles. The van der Waals surface area contributed by atoms with Crippen LogP contribution in [-0.4, -0.2) is 23.4 Å². The van der Waals surface area contributed by atoms with Gasteiger partial charge in [0.1, 0.15) is 6.04 Å². The second kappa shape index (κ2) is 5.65. The van der Waals surface area contributed by atoms with E-state index in [1.54, 1.807) is 11.3 Å². The molecule has 0 radical (unpaired) electrons. The first-order chi connectivity index (χ1) is 8.24. The van der Waals surface area contributed by atoms with Gasteiger partial charge in [-0.15, -0.1) is 11.3 Å². The Balaban J connectivity index is 2.06. The fourth-order valence-corrected chi connectivity index (χ4v) is 3.30. The molecule has 1 atom stereocenters. The van der Waals surface area contributed by atoms with Gasteiger partial charge >= 0.3 is 0 Å². The van der Waals surface area contributed by atoms with Crippen molar-refractivity contribution < 1.29 is 4.79 Å². The molecule has 0 spiro atoms. The van der Waals surface area contributed by atoms with Crippen molar-refractivity contribution in [3.05, 3.63) is 22.4 Å². The van der Waals surface area contributed by atoms with E-state index in [-0.39, 0.29) is 5.91 Å². The molecule has 1 aliphatic carbocycles. The number of amides is 1. The van der Waals surface area contributed by atoms with Crippen LogP contribution in [0.25, 0.3) is 0 Å². The Hall–Kier alpha value is -0.870. The minimum absolute atomic E-state index is 0.0850. The first-order valence-corrected chi connectivity index (χ1v) is 7.21. The molecule has 94 valence electrons. The molecule has 1 heterocycles. The van der Waals surface area contributed by atoms with Crippen molar-refractivity contribution in [2.75, 3.05) is 6.54 Å². The number of rotatable bonds is 4. The van der Waals surface area contributed by atoms with Gasteiger partial charge in [-0.2, -0.15) is 0 Å². The molecule has 1 saturated carbocycles. The van der Waals surface area contributed by atoms with E-state index < -0.39 is 6.04 Å². The highest BCUT2D eigenvalue weighted by Gasteiger charge is 2.29. The zero-order valence-electron chi connectivity index (χ0n) is 10.3. The molecule has 1 unspecified atom stereocenters. The molecule has 1 fully saturated rings. The molecule has 0 aliphatic heterocycles. The van der Waals surface area contributed by atoms with Crippen LogP contribution in [0.3, 0.4) is 0 Å². The van der Waals surface area contributed by atoms with Crippen LogP contribution in [0.5, 0.6) is 0 Å². The summed E-state index contributed by atoms with van der Waals surface area (Å²) in [6.07, 6.45) is 4.75. The summed E-state index contributed by atoms with van der Waals surface area (Å²) in [6, 6.07) is 3.82. The molecule has 0 bridgehead atoms. The second-order valence-corrected chi connectivity index (χ2v) is 5.53. The Bertz CT molecular complexity index is 358. The lowest BCUT2D eigenvalue weighted by molar-refractivity contribution is -0.134. The van der Waals surface area contributed by atoms with Crippen molar-refractivity contribution in [2.45, 2.75) is 44.7 Å². The lowest BCUT2D eigenvalue weighted by Crippen LogP contribution is -2.43. The summed E-state index contributed by atoms with van der Waals surface area (Å²) >= 11 is 1.56. The number of likely N-dealkylation sites (N-methyl/N-ethyl adjacent to an activating group) is 1. The first-order valence-electron chi connectivity index (χ1n) is 6.33. The Morgan fingerprint density at radius 1 is 1.59 bits per heavy atom.